The summed E-state index contributed by atoms with van der Waals surface area (Å²) in [5, 5.41) is 3.46. The summed E-state index contributed by atoms with van der Waals surface area (Å²) >= 11 is 0. The molecule has 0 saturated heterocycles. The van der Waals surface area contributed by atoms with Crippen LogP contribution in [0.1, 0.15) is 0 Å². The number of nitrogens with zero attached hydrogens (tertiary/aromatic N) is 5. The van der Waals surface area contributed by atoms with Gasteiger partial charge in [-0.25, -0.2) is 19.9 Å². The van der Waals surface area contributed by atoms with Gasteiger partial charge in [-0.1, -0.05) is 212 Å². The van der Waals surface area contributed by atoms with Gasteiger partial charge in [-0.3, -0.25) is 0 Å². The van der Waals surface area contributed by atoms with Gasteiger partial charge < -0.3 is 4.57 Å². The van der Waals surface area contributed by atoms with Crippen LogP contribution in [0.2, 0.25) is 0 Å². The van der Waals surface area contributed by atoms with Gasteiger partial charge in [-0.2, -0.15) is 0 Å². The fraction of sp³-hybridized carbons (Fsp3) is 0. The summed E-state index contributed by atoms with van der Waals surface area (Å²) in [6.45, 7) is 0. The lowest BCUT2D eigenvalue weighted by molar-refractivity contribution is 1.07. The van der Waals surface area contributed by atoms with Crippen molar-refractivity contribution in [2.45, 2.75) is 0 Å². The van der Waals surface area contributed by atoms with Crippen LogP contribution in [0.5, 0.6) is 0 Å². The highest BCUT2D eigenvalue weighted by Gasteiger charge is 2.21. The van der Waals surface area contributed by atoms with Gasteiger partial charge in [-0.15, -0.1) is 0 Å². The van der Waals surface area contributed by atoms with Gasteiger partial charge in [0.1, 0.15) is 0 Å². The molecule has 9 aromatic carbocycles. The van der Waals surface area contributed by atoms with Crippen LogP contribution >= 0.6 is 0 Å². The Morgan fingerprint density at radius 2 is 0.615 bits per heavy atom. The molecule has 0 atom stereocenters. The number of fused-ring (bicyclic) bond motifs is 5. The van der Waals surface area contributed by atoms with Crippen LogP contribution in [0, 0.1) is 0 Å². The molecule has 304 valence electrons. The maximum atomic E-state index is 5.26. The van der Waals surface area contributed by atoms with E-state index in [1.807, 2.05) is 12.1 Å². The molecule has 0 aliphatic heterocycles. The van der Waals surface area contributed by atoms with E-state index in [9.17, 15) is 0 Å². The van der Waals surface area contributed by atoms with Gasteiger partial charge >= 0.3 is 0 Å². The summed E-state index contributed by atoms with van der Waals surface area (Å²) in [4.78, 5) is 20.5. The standard InChI is InChI=1S/C60H39N5/c1-4-14-40(15-5-1)42-24-30-47(31-25-42)58-62-59(48-32-26-43(27-33-48)41-16-6-2-7-17-41)64-60(63-58)49-34-28-44(29-35-49)45-36-38-50(39-37-45)65-54-23-13-11-21-52(54)55-56(46-18-8-3-9-19-46)61-53-22-12-10-20-51(53)57(55)65/h1-39H. The van der Waals surface area contributed by atoms with Gasteiger partial charge in [0.25, 0.3) is 0 Å². The summed E-state index contributed by atoms with van der Waals surface area (Å²) in [7, 11) is 0. The largest absolute Gasteiger partial charge is 0.308 e. The Morgan fingerprint density at radius 1 is 0.262 bits per heavy atom. The Hall–Kier alpha value is -8.80. The van der Waals surface area contributed by atoms with E-state index in [1.54, 1.807) is 0 Å². The highest BCUT2D eigenvalue weighted by Crippen LogP contribution is 2.41. The van der Waals surface area contributed by atoms with Crippen molar-refractivity contribution in [3.63, 3.8) is 0 Å². The lowest BCUT2D eigenvalue weighted by Gasteiger charge is -2.13. The minimum atomic E-state index is 0.620. The van der Waals surface area contributed by atoms with E-state index in [-0.39, 0.29) is 0 Å². The molecule has 65 heavy (non-hydrogen) atoms. The first-order valence-corrected chi connectivity index (χ1v) is 21.9. The van der Waals surface area contributed by atoms with Crippen LogP contribution in [-0.2, 0) is 0 Å². The monoisotopic (exact) mass is 829 g/mol. The molecule has 0 aliphatic carbocycles. The molecule has 12 rings (SSSR count). The molecule has 0 fully saturated rings. The molecule has 5 heteroatoms. The molecule has 3 heterocycles. The number of aromatic nitrogens is 5. The molecule has 0 amide bonds. The van der Waals surface area contributed by atoms with E-state index in [4.69, 9.17) is 19.9 Å². The summed E-state index contributed by atoms with van der Waals surface area (Å²) < 4.78 is 2.40. The van der Waals surface area contributed by atoms with E-state index >= 15 is 0 Å². The minimum absolute atomic E-state index is 0.620. The third kappa shape index (κ3) is 7.02. The molecule has 0 N–H and O–H groups in total. The summed E-state index contributed by atoms with van der Waals surface area (Å²) in [6, 6.07) is 82.8. The van der Waals surface area contributed by atoms with Crippen molar-refractivity contribution in [1.82, 2.24) is 24.5 Å². The predicted molar refractivity (Wildman–Crippen MR) is 268 cm³/mol. The fourth-order valence-corrected chi connectivity index (χ4v) is 9.02. The van der Waals surface area contributed by atoms with Gasteiger partial charge in [0, 0.05) is 44.1 Å². The van der Waals surface area contributed by atoms with E-state index in [0.717, 1.165) is 83.2 Å². The van der Waals surface area contributed by atoms with Gasteiger partial charge in [-0.05, 0) is 57.6 Å². The molecular weight excluding hydrogens is 791 g/mol. The molecule has 12 aromatic rings. The molecule has 0 spiro atoms. The first kappa shape index (κ1) is 37.9. The minimum Gasteiger partial charge on any atom is -0.308 e. The van der Waals surface area contributed by atoms with Crippen LogP contribution in [0.3, 0.4) is 0 Å². The van der Waals surface area contributed by atoms with Crippen LogP contribution < -0.4 is 0 Å². The zero-order valence-electron chi connectivity index (χ0n) is 35.3. The zero-order valence-corrected chi connectivity index (χ0v) is 35.3. The number of rotatable bonds is 8. The number of pyridine rings is 1. The number of hydrogen-bond donors (Lipinski definition) is 0. The normalized spacial score (nSPS) is 11.4. The number of benzene rings is 9. The van der Waals surface area contributed by atoms with Crippen molar-refractivity contribution in [3.8, 4) is 84.5 Å². The molecular formula is C60H39N5. The quantitative estimate of drug-likeness (QED) is 0.153. The molecule has 5 nitrogen and oxygen atoms in total. The van der Waals surface area contributed by atoms with Gasteiger partial charge in [0.05, 0.1) is 22.2 Å². The Kier molecular flexibility index (Phi) is 9.42. The van der Waals surface area contributed by atoms with Crippen molar-refractivity contribution in [3.05, 3.63) is 237 Å². The van der Waals surface area contributed by atoms with Gasteiger partial charge in [0.2, 0.25) is 0 Å². The molecule has 3 aromatic heterocycles. The van der Waals surface area contributed by atoms with E-state index < -0.39 is 0 Å². The predicted octanol–water partition coefficient (Wildman–Crippen LogP) is 15.2. The van der Waals surface area contributed by atoms with E-state index in [0.29, 0.717) is 17.5 Å². The van der Waals surface area contributed by atoms with Crippen LogP contribution in [0.15, 0.2) is 237 Å². The average Bonchev–Trinajstić information content (AvgIpc) is 3.75. The Balaban J connectivity index is 0.911. The van der Waals surface area contributed by atoms with Crippen molar-refractivity contribution in [1.29, 1.82) is 0 Å². The molecule has 0 aliphatic rings. The second kappa shape index (κ2) is 16.2. The van der Waals surface area contributed by atoms with Crippen LogP contribution in [-0.4, -0.2) is 24.5 Å². The smallest absolute Gasteiger partial charge is 0.164 e. The lowest BCUT2D eigenvalue weighted by atomic mass is 10.0. The third-order valence-corrected chi connectivity index (χ3v) is 12.3. The summed E-state index contributed by atoms with van der Waals surface area (Å²) in [5.74, 6) is 1.87. The van der Waals surface area contributed by atoms with Crippen LogP contribution in [0.25, 0.3) is 117 Å². The van der Waals surface area contributed by atoms with Gasteiger partial charge in [0.15, 0.2) is 17.5 Å². The average molecular weight is 830 g/mol. The van der Waals surface area contributed by atoms with Crippen molar-refractivity contribution in [2.24, 2.45) is 0 Å². The topological polar surface area (TPSA) is 56.5 Å². The van der Waals surface area contributed by atoms with E-state index in [1.165, 1.54) is 16.5 Å². The maximum Gasteiger partial charge on any atom is 0.164 e. The van der Waals surface area contributed by atoms with E-state index in [2.05, 4.69) is 229 Å². The highest BCUT2D eigenvalue weighted by atomic mass is 15.0. The molecule has 0 radical (unpaired) electrons. The number of hydrogen-bond acceptors (Lipinski definition) is 4. The lowest BCUT2D eigenvalue weighted by Crippen LogP contribution is -2.00. The summed E-state index contributed by atoms with van der Waals surface area (Å²) in [5.41, 5.74) is 16.1. The molecule has 0 unspecified atom stereocenters. The fourth-order valence-electron chi connectivity index (χ4n) is 9.02. The Labute approximate surface area is 376 Å². The first-order chi connectivity index (χ1) is 32.2. The SMILES string of the molecule is c1ccc(-c2ccc(-c3nc(-c4ccc(-c5ccccc5)cc4)nc(-c4ccc(-c5ccc(-n6c7ccccc7c7c(-c8ccccc8)nc8ccccc8c76)cc5)cc4)n3)cc2)cc1. The zero-order chi connectivity index (χ0) is 43.1. The highest BCUT2D eigenvalue weighted by molar-refractivity contribution is 6.22. The first-order valence-electron chi connectivity index (χ1n) is 21.9. The van der Waals surface area contributed by atoms with Crippen LogP contribution in [0.4, 0.5) is 0 Å². The van der Waals surface area contributed by atoms with Crippen molar-refractivity contribution >= 4 is 32.7 Å². The van der Waals surface area contributed by atoms with Crippen molar-refractivity contribution < 1.29 is 0 Å². The Morgan fingerprint density at radius 3 is 1.09 bits per heavy atom. The Bertz CT molecular complexity index is 3540. The van der Waals surface area contributed by atoms with Crippen molar-refractivity contribution in [2.75, 3.05) is 0 Å². The third-order valence-electron chi connectivity index (χ3n) is 12.3. The molecule has 0 bridgehead atoms. The second-order valence-corrected chi connectivity index (χ2v) is 16.2. The second-order valence-electron chi connectivity index (χ2n) is 16.2. The number of para-hydroxylation sites is 2. The summed E-state index contributed by atoms with van der Waals surface area (Å²) in [6.07, 6.45) is 0. The maximum absolute atomic E-state index is 5.26. The molecule has 0 saturated carbocycles.